The first kappa shape index (κ1) is 13.3. The Morgan fingerprint density at radius 1 is 1.45 bits per heavy atom. The molecule has 0 aliphatic carbocycles. The third-order valence-electron chi connectivity index (χ3n) is 3.79. The summed E-state index contributed by atoms with van der Waals surface area (Å²) in [4.78, 5) is 6.65. The maximum Gasteiger partial charge on any atom is 0.241 e. The lowest BCUT2D eigenvalue weighted by molar-refractivity contribution is 0.141. The summed E-state index contributed by atoms with van der Waals surface area (Å²) in [6, 6.07) is 8.28. The van der Waals surface area contributed by atoms with Gasteiger partial charge in [0.1, 0.15) is 0 Å². The van der Waals surface area contributed by atoms with E-state index in [4.69, 9.17) is 4.52 Å². The fraction of sp³-hybridized carbons (Fsp3) is 0.467. The minimum Gasteiger partial charge on any atom is -0.395 e. The normalized spacial score (nSPS) is 19.6. The fourth-order valence-corrected chi connectivity index (χ4v) is 2.70. The van der Waals surface area contributed by atoms with E-state index in [2.05, 4.69) is 15.0 Å². The molecule has 1 aromatic heterocycles. The number of likely N-dealkylation sites (tertiary alicyclic amines) is 1. The van der Waals surface area contributed by atoms with Crippen molar-refractivity contribution in [2.75, 3.05) is 13.2 Å². The van der Waals surface area contributed by atoms with Gasteiger partial charge in [0.05, 0.1) is 13.2 Å². The summed E-state index contributed by atoms with van der Waals surface area (Å²) in [7, 11) is 0. The highest BCUT2D eigenvalue weighted by molar-refractivity contribution is 5.55. The van der Waals surface area contributed by atoms with Crippen LogP contribution in [0, 0.1) is 6.92 Å². The van der Waals surface area contributed by atoms with Crippen LogP contribution in [-0.4, -0.2) is 39.3 Å². The average Bonchev–Trinajstić information content (AvgIpc) is 3.08. The highest BCUT2D eigenvalue weighted by Gasteiger charge is 2.25. The second kappa shape index (κ2) is 5.73. The summed E-state index contributed by atoms with van der Waals surface area (Å²) in [5, 5.41) is 13.4. The molecule has 5 heteroatoms. The number of aliphatic hydroxyl groups is 1. The lowest BCUT2D eigenvalue weighted by Gasteiger charge is -2.20. The van der Waals surface area contributed by atoms with E-state index in [1.165, 1.54) is 5.56 Å². The largest absolute Gasteiger partial charge is 0.395 e. The van der Waals surface area contributed by atoms with Crippen LogP contribution in [0.5, 0.6) is 0 Å². The zero-order valence-corrected chi connectivity index (χ0v) is 11.6. The molecule has 1 unspecified atom stereocenters. The van der Waals surface area contributed by atoms with Gasteiger partial charge in [0, 0.05) is 11.6 Å². The topological polar surface area (TPSA) is 62.4 Å². The van der Waals surface area contributed by atoms with Gasteiger partial charge in [-0.1, -0.05) is 28.9 Å². The smallest absolute Gasteiger partial charge is 0.241 e. The van der Waals surface area contributed by atoms with Crippen molar-refractivity contribution in [3.8, 4) is 11.4 Å². The van der Waals surface area contributed by atoms with Crippen LogP contribution in [0.15, 0.2) is 28.8 Å². The molecule has 1 aliphatic rings. The molecule has 0 saturated carbocycles. The SMILES string of the molecule is Cc1cccc(-c2noc(CN3CCCC3CO)n2)c1. The molecule has 1 saturated heterocycles. The first-order valence-corrected chi connectivity index (χ1v) is 7.01. The van der Waals surface area contributed by atoms with Crippen molar-refractivity contribution in [3.63, 3.8) is 0 Å². The Hall–Kier alpha value is -1.72. The summed E-state index contributed by atoms with van der Waals surface area (Å²) in [6.45, 7) is 3.83. The van der Waals surface area contributed by atoms with Gasteiger partial charge >= 0.3 is 0 Å². The second-order valence-electron chi connectivity index (χ2n) is 5.33. The van der Waals surface area contributed by atoms with Crippen LogP contribution >= 0.6 is 0 Å². The zero-order valence-electron chi connectivity index (χ0n) is 11.6. The van der Waals surface area contributed by atoms with Crippen molar-refractivity contribution in [3.05, 3.63) is 35.7 Å². The van der Waals surface area contributed by atoms with Crippen LogP contribution in [0.25, 0.3) is 11.4 Å². The molecule has 1 aliphatic heterocycles. The number of aryl methyl sites for hydroxylation is 1. The van der Waals surface area contributed by atoms with Crippen molar-refractivity contribution in [1.82, 2.24) is 15.0 Å². The molecule has 3 rings (SSSR count). The molecule has 2 heterocycles. The molecule has 1 atom stereocenters. The maximum atomic E-state index is 9.32. The molecule has 2 aromatic rings. The fourth-order valence-electron chi connectivity index (χ4n) is 2.70. The van der Waals surface area contributed by atoms with Crippen LogP contribution in [0.3, 0.4) is 0 Å². The third-order valence-corrected chi connectivity index (χ3v) is 3.79. The Morgan fingerprint density at radius 3 is 3.15 bits per heavy atom. The van der Waals surface area contributed by atoms with Crippen molar-refractivity contribution < 1.29 is 9.63 Å². The molecule has 106 valence electrons. The number of hydrogen-bond acceptors (Lipinski definition) is 5. The van der Waals surface area contributed by atoms with Gasteiger partial charge < -0.3 is 9.63 Å². The van der Waals surface area contributed by atoms with Gasteiger partial charge in [-0.3, -0.25) is 4.90 Å². The Kier molecular flexibility index (Phi) is 3.80. The summed E-state index contributed by atoms with van der Waals surface area (Å²) in [6.07, 6.45) is 2.15. The first-order valence-electron chi connectivity index (χ1n) is 7.01. The summed E-state index contributed by atoms with van der Waals surface area (Å²) in [5.74, 6) is 1.24. The van der Waals surface area contributed by atoms with E-state index in [9.17, 15) is 5.11 Å². The lowest BCUT2D eigenvalue weighted by Crippen LogP contribution is -2.31. The van der Waals surface area contributed by atoms with Crippen LogP contribution in [-0.2, 0) is 6.54 Å². The zero-order chi connectivity index (χ0) is 13.9. The monoisotopic (exact) mass is 273 g/mol. The molecule has 0 spiro atoms. The number of rotatable bonds is 4. The molecule has 1 fully saturated rings. The van der Waals surface area contributed by atoms with Gasteiger partial charge in [-0.05, 0) is 32.4 Å². The number of aliphatic hydroxyl groups excluding tert-OH is 1. The van der Waals surface area contributed by atoms with E-state index in [-0.39, 0.29) is 12.6 Å². The summed E-state index contributed by atoms with van der Waals surface area (Å²) < 4.78 is 5.33. The quantitative estimate of drug-likeness (QED) is 0.923. The minimum atomic E-state index is 0.193. The molecule has 1 N–H and O–H groups in total. The van der Waals surface area contributed by atoms with E-state index < -0.39 is 0 Å². The van der Waals surface area contributed by atoms with Gasteiger partial charge in [-0.15, -0.1) is 0 Å². The molecule has 0 bridgehead atoms. The number of nitrogens with zero attached hydrogens (tertiary/aromatic N) is 3. The molecule has 1 aromatic carbocycles. The molecule has 5 nitrogen and oxygen atoms in total. The first-order chi connectivity index (χ1) is 9.76. The number of benzene rings is 1. The van der Waals surface area contributed by atoms with Gasteiger partial charge in [-0.2, -0.15) is 4.98 Å². The van der Waals surface area contributed by atoms with Gasteiger partial charge in [-0.25, -0.2) is 0 Å². The summed E-state index contributed by atoms with van der Waals surface area (Å²) in [5.41, 5.74) is 2.15. The maximum absolute atomic E-state index is 9.32. The Labute approximate surface area is 118 Å². The van der Waals surface area contributed by atoms with E-state index >= 15 is 0 Å². The average molecular weight is 273 g/mol. The number of hydrogen-bond donors (Lipinski definition) is 1. The second-order valence-corrected chi connectivity index (χ2v) is 5.33. The van der Waals surface area contributed by atoms with E-state index in [1.54, 1.807) is 0 Å². The molecule has 20 heavy (non-hydrogen) atoms. The van der Waals surface area contributed by atoms with Crippen molar-refractivity contribution in [1.29, 1.82) is 0 Å². The molecular weight excluding hydrogens is 254 g/mol. The molecular formula is C15H19N3O2. The van der Waals surface area contributed by atoms with Gasteiger partial charge in [0.25, 0.3) is 0 Å². The minimum absolute atomic E-state index is 0.193. The standard InChI is InChI=1S/C15H19N3O2/c1-11-4-2-5-12(8-11)15-16-14(20-17-15)9-18-7-3-6-13(18)10-19/h2,4-5,8,13,19H,3,6-7,9-10H2,1H3. The number of aromatic nitrogens is 2. The Balaban J connectivity index is 1.74. The highest BCUT2D eigenvalue weighted by Crippen LogP contribution is 2.21. The van der Waals surface area contributed by atoms with Crippen LogP contribution in [0.2, 0.25) is 0 Å². The Bertz CT molecular complexity index is 582. The van der Waals surface area contributed by atoms with Crippen molar-refractivity contribution >= 4 is 0 Å². The van der Waals surface area contributed by atoms with Crippen molar-refractivity contribution in [2.24, 2.45) is 0 Å². The van der Waals surface area contributed by atoms with Crippen LogP contribution in [0.1, 0.15) is 24.3 Å². The molecule has 0 radical (unpaired) electrons. The van der Waals surface area contributed by atoms with Gasteiger partial charge in [0.15, 0.2) is 0 Å². The predicted molar refractivity (Wildman–Crippen MR) is 75.0 cm³/mol. The van der Waals surface area contributed by atoms with E-state index in [0.29, 0.717) is 18.3 Å². The Morgan fingerprint density at radius 2 is 2.35 bits per heavy atom. The highest BCUT2D eigenvalue weighted by atomic mass is 16.5. The van der Waals surface area contributed by atoms with E-state index in [1.807, 2.05) is 31.2 Å². The predicted octanol–water partition coefficient (Wildman–Crippen LogP) is 2.00. The van der Waals surface area contributed by atoms with Gasteiger partial charge in [0.2, 0.25) is 11.7 Å². The van der Waals surface area contributed by atoms with E-state index in [0.717, 1.165) is 24.9 Å². The van der Waals surface area contributed by atoms with Crippen molar-refractivity contribution in [2.45, 2.75) is 32.4 Å². The third kappa shape index (κ3) is 2.73. The summed E-state index contributed by atoms with van der Waals surface area (Å²) >= 11 is 0. The molecule has 0 amide bonds. The van der Waals surface area contributed by atoms with Crippen LogP contribution < -0.4 is 0 Å². The van der Waals surface area contributed by atoms with Crippen LogP contribution in [0.4, 0.5) is 0 Å². The lowest BCUT2D eigenvalue weighted by atomic mass is 10.1.